The second-order valence-corrected chi connectivity index (χ2v) is 11.3. The number of hydrogen-bond donors (Lipinski definition) is 0. The Morgan fingerprint density at radius 1 is 1.22 bits per heavy atom. The van der Waals surface area contributed by atoms with E-state index < -0.39 is 4.75 Å². The van der Waals surface area contributed by atoms with E-state index in [0.29, 0.717) is 6.54 Å². The van der Waals surface area contributed by atoms with Crippen LogP contribution in [-0.4, -0.2) is 52.6 Å². The summed E-state index contributed by atoms with van der Waals surface area (Å²) >= 11 is 1.14. The number of rotatable bonds is 5. The van der Waals surface area contributed by atoms with Gasteiger partial charge in [0.15, 0.2) is 0 Å². The van der Waals surface area contributed by atoms with Gasteiger partial charge >= 0.3 is 5.24 Å². The summed E-state index contributed by atoms with van der Waals surface area (Å²) in [4.78, 5) is 32.4. The molecule has 2 aliphatic rings. The Morgan fingerprint density at radius 2 is 2.00 bits per heavy atom. The van der Waals surface area contributed by atoms with Gasteiger partial charge in [-0.3, -0.25) is 14.6 Å². The molecule has 2 heterocycles. The van der Waals surface area contributed by atoms with Gasteiger partial charge in [0, 0.05) is 30.3 Å². The number of thioether (sulfide) groups is 1. The van der Waals surface area contributed by atoms with Crippen LogP contribution in [0.3, 0.4) is 0 Å². The number of aliphatic imine (C=N–C) groups is 1. The third-order valence-corrected chi connectivity index (χ3v) is 7.40. The topological polar surface area (TPSA) is 74.6 Å². The number of anilines is 1. The molecule has 2 amide bonds. The van der Waals surface area contributed by atoms with Crippen molar-refractivity contribution in [3.8, 4) is 5.75 Å². The standard InChI is InChI=1S/C28H34N4O3S/c1-7-29-25(21-10-8-12-22(17-21)35-6)31-15-9-11-19-16-20(13-14-23(19)31)24-28(4,5)36-27(34)32(30-24)26(33)18(2)3/h8,10,12-14,16-18H,7,9,11,15H2,1-6H3. The first-order chi connectivity index (χ1) is 17.2. The molecule has 0 spiro atoms. The minimum Gasteiger partial charge on any atom is -0.497 e. The number of ether oxygens (including phenoxy) is 1. The van der Waals surface area contributed by atoms with E-state index in [1.807, 2.05) is 45.0 Å². The highest BCUT2D eigenvalue weighted by molar-refractivity contribution is 8.15. The molecule has 0 atom stereocenters. The molecule has 190 valence electrons. The number of methoxy groups -OCH3 is 1. The zero-order valence-electron chi connectivity index (χ0n) is 21.9. The van der Waals surface area contributed by atoms with Crippen molar-refractivity contribution in [3.63, 3.8) is 0 Å². The van der Waals surface area contributed by atoms with Gasteiger partial charge in [-0.05, 0) is 80.8 Å². The van der Waals surface area contributed by atoms with Gasteiger partial charge in [0.25, 0.3) is 5.91 Å². The molecular weight excluding hydrogens is 472 g/mol. The Bertz CT molecular complexity index is 1240. The number of carbonyl (C=O) groups is 2. The van der Waals surface area contributed by atoms with Crippen LogP contribution in [0.5, 0.6) is 5.75 Å². The second-order valence-electron chi connectivity index (χ2n) is 9.76. The summed E-state index contributed by atoms with van der Waals surface area (Å²) in [7, 11) is 1.67. The van der Waals surface area contributed by atoms with Crippen molar-refractivity contribution in [1.29, 1.82) is 0 Å². The van der Waals surface area contributed by atoms with E-state index in [4.69, 9.17) is 9.73 Å². The van der Waals surface area contributed by atoms with Crippen LogP contribution < -0.4 is 9.64 Å². The van der Waals surface area contributed by atoms with Crippen molar-refractivity contribution in [2.75, 3.05) is 25.1 Å². The molecule has 36 heavy (non-hydrogen) atoms. The lowest BCUT2D eigenvalue weighted by molar-refractivity contribution is -0.131. The molecule has 8 heteroatoms. The van der Waals surface area contributed by atoms with Crippen LogP contribution in [-0.2, 0) is 11.2 Å². The fraction of sp³-hybridized carbons (Fsp3) is 0.429. The summed E-state index contributed by atoms with van der Waals surface area (Å²) in [6.45, 7) is 11.1. The number of imide groups is 1. The zero-order chi connectivity index (χ0) is 26.0. The summed E-state index contributed by atoms with van der Waals surface area (Å²) in [6, 6.07) is 14.3. The third kappa shape index (κ3) is 5.05. The fourth-order valence-electron chi connectivity index (χ4n) is 4.57. The van der Waals surface area contributed by atoms with Crippen molar-refractivity contribution in [3.05, 3.63) is 59.2 Å². The lowest BCUT2D eigenvalue weighted by atomic mass is 9.93. The first-order valence-electron chi connectivity index (χ1n) is 12.4. The highest BCUT2D eigenvalue weighted by atomic mass is 32.2. The van der Waals surface area contributed by atoms with Gasteiger partial charge in [0.2, 0.25) is 0 Å². The highest BCUT2D eigenvalue weighted by Gasteiger charge is 2.40. The molecule has 7 nitrogen and oxygen atoms in total. The number of carbonyl (C=O) groups excluding carboxylic acids is 2. The van der Waals surface area contributed by atoms with Crippen molar-refractivity contribution >= 4 is 40.1 Å². The third-order valence-electron chi connectivity index (χ3n) is 6.35. The largest absolute Gasteiger partial charge is 0.497 e. The van der Waals surface area contributed by atoms with Crippen LogP contribution in [0.15, 0.2) is 52.6 Å². The van der Waals surface area contributed by atoms with Gasteiger partial charge in [-0.2, -0.15) is 10.1 Å². The van der Waals surface area contributed by atoms with Gasteiger partial charge in [0.1, 0.15) is 11.6 Å². The smallest absolute Gasteiger partial charge is 0.310 e. The van der Waals surface area contributed by atoms with E-state index in [-0.39, 0.29) is 17.1 Å². The molecule has 0 aromatic heterocycles. The number of fused-ring (bicyclic) bond motifs is 1. The van der Waals surface area contributed by atoms with E-state index in [9.17, 15) is 9.59 Å². The first-order valence-corrected chi connectivity index (χ1v) is 13.2. The van der Waals surface area contributed by atoms with Gasteiger partial charge in [-0.15, -0.1) is 0 Å². The number of aryl methyl sites for hydroxylation is 1. The molecule has 2 aromatic rings. The average Bonchev–Trinajstić information content (AvgIpc) is 2.86. The van der Waals surface area contributed by atoms with Crippen molar-refractivity contribution in [2.24, 2.45) is 16.0 Å². The minimum atomic E-state index is -0.553. The summed E-state index contributed by atoms with van der Waals surface area (Å²) in [5, 5.41) is 5.29. The number of nitrogens with zero attached hydrogens (tertiary/aromatic N) is 4. The van der Waals surface area contributed by atoms with Crippen LogP contribution in [0.25, 0.3) is 0 Å². The lowest BCUT2D eigenvalue weighted by Gasteiger charge is -2.35. The van der Waals surface area contributed by atoms with Crippen LogP contribution in [0.1, 0.15) is 57.7 Å². The molecule has 0 saturated heterocycles. The Labute approximate surface area is 217 Å². The molecule has 0 aliphatic carbocycles. The number of benzene rings is 2. The number of hydrogen-bond acceptors (Lipinski definition) is 6. The Hall–Kier alpha value is -3.13. The molecular formula is C28H34N4O3S. The zero-order valence-corrected chi connectivity index (χ0v) is 22.7. The van der Waals surface area contributed by atoms with Crippen LogP contribution in [0, 0.1) is 5.92 Å². The molecule has 0 bridgehead atoms. The van der Waals surface area contributed by atoms with Crippen molar-refractivity contribution in [1.82, 2.24) is 5.01 Å². The minimum absolute atomic E-state index is 0.289. The van der Waals surface area contributed by atoms with E-state index >= 15 is 0 Å². The summed E-state index contributed by atoms with van der Waals surface area (Å²) < 4.78 is 4.90. The van der Waals surface area contributed by atoms with Gasteiger partial charge in [-0.25, -0.2) is 0 Å². The molecule has 0 unspecified atom stereocenters. The number of hydrazone groups is 1. The van der Waals surface area contributed by atoms with Crippen molar-refractivity contribution < 1.29 is 14.3 Å². The van der Waals surface area contributed by atoms with Gasteiger partial charge < -0.3 is 9.64 Å². The van der Waals surface area contributed by atoms with Gasteiger partial charge in [0.05, 0.1) is 17.6 Å². The second kappa shape index (κ2) is 10.5. The summed E-state index contributed by atoms with van der Waals surface area (Å²) in [5.41, 5.74) is 5.00. The Balaban J connectivity index is 1.75. The summed E-state index contributed by atoms with van der Waals surface area (Å²) in [6.07, 6.45) is 1.93. The Kier molecular flexibility index (Phi) is 7.54. The van der Waals surface area contributed by atoms with E-state index in [0.717, 1.165) is 70.3 Å². The first kappa shape index (κ1) is 25.9. The molecule has 0 radical (unpaired) electrons. The van der Waals surface area contributed by atoms with Gasteiger partial charge in [-0.1, -0.05) is 32.0 Å². The average molecular weight is 507 g/mol. The number of amides is 2. The quantitative estimate of drug-likeness (QED) is 0.381. The predicted molar refractivity (Wildman–Crippen MR) is 147 cm³/mol. The summed E-state index contributed by atoms with van der Waals surface area (Å²) in [5.74, 6) is 1.12. The van der Waals surface area contributed by atoms with Crippen LogP contribution in [0.2, 0.25) is 0 Å². The van der Waals surface area contributed by atoms with E-state index in [2.05, 4.69) is 28.2 Å². The molecule has 2 aliphatic heterocycles. The SMILES string of the molecule is CCN=C(c1cccc(OC)c1)N1CCCc2cc(C3=NN(C(=O)C(C)C)C(=O)SC3(C)C)ccc21. The van der Waals surface area contributed by atoms with Crippen LogP contribution in [0.4, 0.5) is 10.5 Å². The van der Waals surface area contributed by atoms with E-state index in [1.54, 1.807) is 21.0 Å². The monoisotopic (exact) mass is 506 g/mol. The maximum absolute atomic E-state index is 12.7. The lowest BCUT2D eigenvalue weighted by Crippen LogP contribution is -2.44. The molecule has 4 rings (SSSR count). The molecule has 0 N–H and O–H groups in total. The maximum atomic E-state index is 12.7. The maximum Gasteiger partial charge on any atom is 0.310 e. The van der Waals surface area contributed by atoms with E-state index in [1.165, 1.54) is 5.56 Å². The Morgan fingerprint density at radius 3 is 2.69 bits per heavy atom. The fourth-order valence-corrected chi connectivity index (χ4v) is 5.48. The molecule has 2 aromatic carbocycles. The molecule has 0 fully saturated rings. The predicted octanol–water partition coefficient (Wildman–Crippen LogP) is 5.75. The molecule has 0 saturated carbocycles. The number of amidine groups is 1. The normalized spacial score (nSPS) is 17.7. The van der Waals surface area contributed by atoms with Crippen molar-refractivity contribution in [2.45, 2.75) is 52.2 Å². The highest BCUT2D eigenvalue weighted by Crippen LogP contribution is 2.38. The van der Waals surface area contributed by atoms with Crippen LogP contribution >= 0.6 is 11.8 Å².